The first-order chi connectivity index (χ1) is 5.65. The molecule has 1 aliphatic heterocycles. The van der Waals surface area contributed by atoms with E-state index in [9.17, 15) is 4.21 Å². The molecule has 1 heterocycles. The van der Waals surface area contributed by atoms with E-state index < -0.39 is 10.8 Å². The van der Waals surface area contributed by atoms with Crippen LogP contribution < -0.4 is 0 Å². The van der Waals surface area contributed by atoms with Crippen molar-refractivity contribution in [2.24, 2.45) is 0 Å². The summed E-state index contributed by atoms with van der Waals surface area (Å²) in [6.45, 7) is 6.48. The third-order valence-electron chi connectivity index (χ3n) is 2.14. The zero-order valence-corrected chi connectivity index (χ0v) is 8.43. The average molecular weight is 185 g/mol. The Labute approximate surface area is 76.8 Å². The van der Waals surface area contributed by atoms with Gasteiger partial charge in [-0.15, -0.1) is 6.42 Å². The molecule has 0 aromatic carbocycles. The summed E-state index contributed by atoms with van der Waals surface area (Å²) in [5, 5.41) is 0.532. The van der Waals surface area contributed by atoms with Gasteiger partial charge in [-0.1, -0.05) is 5.92 Å². The molecule has 2 atom stereocenters. The molecule has 0 radical (unpaired) electrons. The van der Waals surface area contributed by atoms with Crippen molar-refractivity contribution in [1.29, 1.82) is 0 Å². The largest absolute Gasteiger partial charge is 0.290 e. The zero-order chi connectivity index (χ0) is 9.14. The maximum atomic E-state index is 11.5. The molecule has 12 heavy (non-hydrogen) atoms. The number of hydrogen-bond donors (Lipinski definition) is 0. The fraction of sp³-hybridized carbons (Fsp3) is 0.778. The Hall–Kier alpha value is -0.330. The maximum absolute atomic E-state index is 11.5. The Kier molecular flexibility index (Phi) is 3.30. The number of terminal acetylenes is 1. The summed E-state index contributed by atoms with van der Waals surface area (Å²) in [6.07, 6.45) is 5.22. The van der Waals surface area contributed by atoms with Crippen molar-refractivity contribution in [3.8, 4) is 12.3 Å². The van der Waals surface area contributed by atoms with Crippen molar-refractivity contribution in [3.05, 3.63) is 0 Å². The van der Waals surface area contributed by atoms with Gasteiger partial charge < -0.3 is 0 Å². The summed E-state index contributed by atoms with van der Waals surface area (Å²) in [5.74, 6) is 2.62. The SMILES string of the molecule is C#CCN1CC(C)S(=O)C(C)C1. The second-order valence-electron chi connectivity index (χ2n) is 3.35. The predicted octanol–water partition coefficient (Wildman–Crippen LogP) is 0.461. The van der Waals surface area contributed by atoms with Gasteiger partial charge in [0, 0.05) is 34.4 Å². The van der Waals surface area contributed by atoms with Gasteiger partial charge in [-0.2, -0.15) is 0 Å². The zero-order valence-electron chi connectivity index (χ0n) is 7.62. The molecule has 0 aromatic heterocycles. The van der Waals surface area contributed by atoms with Gasteiger partial charge in [-0.25, -0.2) is 0 Å². The molecule has 1 aliphatic rings. The van der Waals surface area contributed by atoms with E-state index in [-0.39, 0.29) is 10.5 Å². The van der Waals surface area contributed by atoms with Gasteiger partial charge in [0.25, 0.3) is 0 Å². The van der Waals surface area contributed by atoms with Crippen molar-refractivity contribution < 1.29 is 4.21 Å². The highest BCUT2D eigenvalue weighted by Gasteiger charge is 2.27. The molecule has 0 aromatic rings. The van der Waals surface area contributed by atoms with Gasteiger partial charge in [0.15, 0.2) is 0 Å². The summed E-state index contributed by atoms with van der Waals surface area (Å²) in [4.78, 5) is 2.19. The van der Waals surface area contributed by atoms with Crippen LogP contribution in [0.5, 0.6) is 0 Å². The van der Waals surface area contributed by atoms with Crippen LogP contribution in [0.2, 0.25) is 0 Å². The Balaban J connectivity index is 2.54. The van der Waals surface area contributed by atoms with Crippen LogP contribution in [0.1, 0.15) is 13.8 Å². The monoisotopic (exact) mass is 185 g/mol. The molecule has 1 fully saturated rings. The first-order valence-electron chi connectivity index (χ1n) is 4.20. The van der Waals surface area contributed by atoms with Crippen LogP contribution in [-0.2, 0) is 10.8 Å². The van der Waals surface area contributed by atoms with Gasteiger partial charge >= 0.3 is 0 Å². The molecule has 1 saturated heterocycles. The minimum Gasteiger partial charge on any atom is -0.290 e. The van der Waals surface area contributed by atoms with E-state index in [0.29, 0.717) is 6.54 Å². The summed E-state index contributed by atoms with van der Waals surface area (Å²) in [5.41, 5.74) is 0. The molecule has 0 bridgehead atoms. The van der Waals surface area contributed by atoms with Crippen molar-refractivity contribution in [2.75, 3.05) is 19.6 Å². The lowest BCUT2D eigenvalue weighted by Gasteiger charge is -2.32. The summed E-state index contributed by atoms with van der Waals surface area (Å²) >= 11 is 0. The highest BCUT2D eigenvalue weighted by Crippen LogP contribution is 2.13. The molecule has 0 spiro atoms. The summed E-state index contributed by atoms with van der Waals surface area (Å²) in [6, 6.07) is 0. The van der Waals surface area contributed by atoms with Crippen LogP contribution in [0.25, 0.3) is 0 Å². The normalized spacial score (nSPS) is 37.6. The van der Waals surface area contributed by atoms with E-state index >= 15 is 0 Å². The van der Waals surface area contributed by atoms with Crippen LogP contribution in [0.3, 0.4) is 0 Å². The average Bonchev–Trinajstić information content (AvgIpc) is 2.01. The number of hydrogen-bond acceptors (Lipinski definition) is 2. The van der Waals surface area contributed by atoms with Crippen molar-refractivity contribution >= 4 is 10.8 Å². The molecule has 1 rings (SSSR count). The molecule has 2 unspecified atom stereocenters. The quantitative estimate of drug-likeness (QED) is 0.553. The summed E-state index contributed by atoms with van der Waals surface area (Å²) in [7, 11) is -0.664. The molecular weight excluding hydrogens is 170 g/mol. The highest BCUT2D eigenvalue weighted by molar-refractivity contribution is 7.86. The third kappa shape index (κ3) is 2.09. The van der Waals surface area contributed by atoms with Crippen molar-refractivity contribution in [1.82, 2.24) is 4.90 Å². The minimum absolute atomic E-state index is 0.266. The Morgan fingerprint density at radius 3 is 2.42 bits per heavy atom. The molecule has 2 nitrogen and oxygen atoms in total. The third-order valence-corrected chi connectivity index (χ3v) is 4.02. The first-order valence-corrected chi connectivity index (χ1v) is 5.48. The van der Waals surface area contributed by atoms with Gasteiger partial charge in [0.2, 0.25) is 0 Å². The van der Waals surface area contributed by atoms with E-state index in [2.05, 4.69) is 10.8 Å². The second-order valence-corrected chi connectivity index (χ2v) is 5.61. The van der Waals surface area contributed by atoms with Crippen LogP contribution in [0.15, 0.2) is 0 Å². The topological polar surface area (TPSA) is 20.3 Å². The Bertz CT molecular complexity index is 207. The molecule has 0 aliphatic carbocycles. The molecule has 0 amide bonds. The standard InChI is InChI=1S/C9H15NOS/c1-4-5-10-6-8(2)12(11)9(3)7-10/h1,8-9H,5-7H2,2-3H3. The van der Waals surface area contributed by atoms with E-state index in [1.165, 1.54) is 0 Å². The lowest BCUT2D eigenvalue weighted by molar-refractivity contribution is 0.298. The molecule has 68 valence electrons. The molecule has 3 heteroatoms. The fourth-order valence-corrected chi connectivity index (χ4v) is 3.11. The minimum atomic E-state index is -0.664. The molecular formula is C9H15NOS. The number of nitrogens with zero attached hydrogens (tertiary/aromatic N) is 1. The Morgan fingerprint density at radius 1 is 1.50 bits per heavy atom. The van der Waals surface area contributed by atoms with E-state index in [4.69, 9.17) is 6.42 Å². The maximum Gasteiger partial charge on any atom is 0.0599 e. The van der Waals surface area contributed by atoms with Crippen LogP contribution >= 0.6 is 0 Å². The van der Waals surface area contributed by atoms with E-state index in [1.54, 1.807) is 0 Å². The molecule has 0 saturated carbocycles. The fourth-order valence-electron chi connectivity index (χ4n) is 1.60. The van der Waals surface area contributed by atoms with Gasteiger partial charge in [0.1, 0.15) is 0 Å². The van der Waals surface area contributed by atoms with Crippen LogP contribution in [-0.4, -0.2) is 39.2 Å². The van der Waals surface area contributed by atoms with E-state index in [0.717, 1.165) is 13.1 Å². The second kappa shape index (κ2) is 4.06. The van der Waals surface area contributed by atoms with Crippen molar-refractivity contribution in [2.45, 2.75) is 24.3 Å². The van der Waals surface area contributed by atoms with Gasteiger partial charge in [-0.05, 0) is 13.8 Å². The Morgan fingerprint density at radius 2 is 2.00 bits per heavy atom. The van der Waals surface area contributed by atoms with Gasteiger partial charge in [0.05, 0.1) is 6.54 Å². The van der Waals surface area contributed by atoms with Crippen LogP contribution in [0, 0.1) is 12.3 Å². The lowest BCUT2D eigenvalue weighted by Crippen LogP contribution is -2.47. The highest BCUT2D eigenvalue weighted by atomic mass is 32.2. The van der Waals surface area contributed by atoms with Gasteiger partial charge in [-0.3, -0.25) is 9.11 Å². The lowest BCUT2D eigenvalue weighted by atomic mass is 10.3. The summed E-state index contributed by atoms with van der Waals surface area (Å²) < 4.78 is 11.5. The van der Waals surface area contributed by atoms with Crippen LogP contribution in [0.4, 0.5) is 0 Å². The number of rotatable bonds is 1. The smallest absolute Gasteiger partial charge is 0.0599 e. The predicted molar refractivity (Wildman–Crippen MR) is 52.3 cm³/mol. The van der Waals surface area contributed by atoms with Crippen molar-refractivity contribution in [3.63, 3.8) is 0 Å². The van der Waals surface area contributed by atoms with E-state index in [1.807, 2.05) is 13.8 Å². The first kappa shape index (κ1) is 9.76. The molecule has 0 N–H and O–H groups in total.